The smallest absolute Gasteiger partial charge is 0.325 e. The number of carbonyl (C=O) groups excluding carboxylic acids is 3. The second-order valence-corrected chi connectivity index (χ2v) is 11.6. The number of imide groups is 1. The van der Waals surface area contributed by atoms with Crippen LogP contribution in [0.15, 0.2) is 47.4 Å². The van der Waals surface area contributed by atoms with Crippen LogP contribution in [-0.2, 0) is 25.2 Å². The van der Waals surface area contributed by atoms with E-state index in [9.17, 15) is 22.8 Å². The molecule has 0 radical (unpaired) electrons. The van der Waals surface area contributed by atoms with Gasteiger partial charge in [0.05, 0.1) is 4.90 Å². The van der Waals surface area contributed by atoms with E-state index in [-0.39, 0.29) is 4.90 Å². The van der Waals surface area contributed by atoms with Gasteiger partial charge in [-0.05, 0) is 61.7 Å². The second kappa shape index (κ2) is 10.3. The molecule has 11 nitrogen and oxygen atoms in total. The third kappa shape index (κ3) is 4.93. The summed E-state index contributed by atoms with van der Waals surface area (Å²) in [5.41, 5.74) is -0.521. The Bertz CT molecular complexity index is 1350. The van der Waals surface area contributed by atoms with Crippen LogP contribution in [-0.4, -0.2) is 68.3 Å². The first-order valence-corrected chi connectivity index (χ1v) is 14.1. The van der Waals surface area contributed by atoms with Crippen LogP contribution < -0.4 is 20.1 Å². The van der Waals surface area contributed by atoms with Gasteiger partial charge in [-0.3, -0.25) is 14.5 Å². The molecule has 0 aromatic heterocycles. The largest absolute Gasteiger partial charge is 0.486 e. The van der Waals surface area contributed by atoms with Gasteiger partial charge < -0.3 is 20.1 Å². The molecule has 0 aliphatic carbocycles. The van der Waals surface area contributed by atoms with Crippen LogP contribution >= 0.6 is 0 Å². The van der Waals surface area contributed by atoms with E-state index in [1.54, 1.807) is 25.1 Å². The summed E-state index contributed by atoms with van der Waals surface area (Å²) in [4.78, 5) is 39.6. The van der Waals surface area contributed by atoms with Gasteiger partial charge in [-0.1, -0.05) is 18.9 Å². The lowest BCUT2D eigenvalue weighted by atomic mass is 9.91. The molecule has 2 fully saturated rings. The molecule has 202 valence electrons. The van der Waals surface area contributed by atoms with Crippen molar-refractivity contribution in [3.05, 3.63) is 48.0 Å². The van der Waals surface area contributed by atoms with E-state index in [4.69, 9.17) is 9.47 Å². The average Bonchev–Trinajstić information content (AvgIpc) is 3.11. The predicted molar refractivity (Wildman–Crippen MR) is 137 cm³/mol. The molecule has 1 unspecified atom stereocenters. The summed E-state index contributed by atoms with van der Waals surface area (Å²) >= 11 is 0. The number of carbonyl (C=O) groups is 3. The molecule has 3 aliphatic rings. The molecule has 1 atom stereocenters. The molecule has 0 saturated carbocycles. The molecule has 0 spiro atoms. The topological polar surface area (TPSA) is 134 Å². The number of nitrogens with one attached hydrogen (secondary N) is 2. The summed E-state index contributed by atoms with van der Waals surface area (Å²) in [5, 5.41) is 5.30. The van der Waals surface area contributed by atoms with Crippen LogP contribution in [0, 0.1) is 0 Å². The summed E-state index contributed by atoms with van der Waals surface area (Å²) in [6.45, 7) is 2.87. The first-order valence-electron chi connectivity index (χ1n) is 12.6. The number of nitrogens with zero attached hydrogens (tertiary/aromatic N) is 2. The highest BCUT2D eigenvalue weighted by atomic mass is 32.2. The zero-order valence-corrected chi connectivity index (χ0v) is 21.9. The van der Waals surface area contributed by atoms with Crippen molar-refractivity contribution in [2.24, 2.45) is 0 Å². The van der Waals surface area contributed by atoms with Crippen LogP contribution in [0.4, 0.5) is 10.5 Å². The monoisotopic (exact) mass is 542 g/mol. The Hall–Kier alpha value is -3.64. The SMILES string of the molecule is CC1(c2ccc3c(c2)OCCO3)NC(=O)N(CC(=O)Nc2ccc(S(=O)(=O)N3CCCCCC3)cc2)C1=O. The molecule has 2 N–H and O–H groups in total. The van der Waals surface area contributed by atoms with Crippen molar-refractivity contribution in [1.29, 1.82) is 0 Å². The lowest BCUT2D eigenvalue weighted by Crippen LogP contribution is -2.42. The third-order valence-electron chi connectivity index (χ3n) is 7.04. The van der Waals surface area contributed by atoms with Gasteiger partial charge in [0.2, 0.25) is 15.9 Å². The number of hydrogen-bond acceptors (Lipinski definition) is 7. The minimum atomic E-state index is -3.61. The van der Waals surface area contributed by atoms with Crippen molar-refractivity contribution < 1.29 is 32.3 Å². The Morgan fingerprint density at radius 3 is 2.32 bits per heavy atom. The van der Waals surface area contributed by atoms with Gasteiger partial charge >= 0.3 is 6.03 Å². The second-order valence-electron chi connectivity index (χ2n) is 9.70. The Balaban J connectivity index is 1.24. The fourth-order valence-electron chi connectivity index (χ4n) is 4.88. The number of hydrogen-bond donors (Lipinski definition) is 2. The molecular formula is C26H30N4O7S. The maximum atomic E-state index is 13.2. The van der Waals surface area contributed by atoms with Gasteiger partial charge in [0, 0.05) is 18.8 Å². The molecule has 3 heterocycles. The summed E-state index contributed by atoms with van der Waals surface area (Å²) in [5.74, 6) is -0.132. The minimum absolute atomic E-state index is 0.154. The number of benzene rings is 2. The summed E-state index contributed by atoms with van der Waals surface area (Å²) < 4.78 is 38.5. The highest BCUT2D eigenvalue weighted by Crippen LogP contribution is 2.36. The number of fused-ring (bicyclic) bond motifs is 1. The summed E-state index contributed by atoms with van der Waals surface area (Å²) in [7, 11) is -3.61. The third-order valence-corrected chi connectivity index (χ3v) is 8.95. The maximum absolute atomic E-state index is 13.2. The molecule has 5 rings (SSSR count). The van der Waals surface area contributed by atoms with Crippen molar-refractivity contribution >= 4 is 33.6 Å². The average molecular weight is 543 g/mol. The highest BCUT2D eigenvalue weighted by Gasteiger charge is 2.49. The number of anilines is 1. The van der Waals surface area contributed by atoms with Crippen molar-refractivity contribution in [1.82, 2.24) is 14.5 Å². The van der Waals surface area contributed by atoms with E-state index in [1.165, 1.54) is 28.6 Å². The fourth-order valence-corrected chi connectivity index (χ4v) is 6.39. The van der Waals surface area contributed by atoms with Crippen molar-refractivity contribution in [3.63, 3.8) is 0 Å². The Kier molecular flexibility index (Phi) is 7.01. The van der Waals surface area contributed by atoms with E-state index in [1.807, 2.05) is 0 Å². The summed E-state index contributed by atoms with van der Waals surface area (Å²) in [6, 6.07) is 10.2. The van der Waals surface area contributed by atoms with Crippen LogP contribution in [0.3, 0.4) is 0 Å². The van der Waals surface area contributed by atoms with Crippen LogP contribution in [0.1, 0.15) is 38.2 Å². The van der Waals surface area contributed by atoms with Gasteiger partial charge in [-0.15, -0.1) is 0 Å². The van der Waals surface area contributed by atoms with Gasteiger partial charge in [-0.2, -0.15) is 4.31 Å². The molecule has 4 amide bonds. The first-order chi connectivity index (χ1) is 18.2. The zero-order chi connectivity index (χ0) is 26.9. The van der Waals surface area contributed by atoms with E-state index in [0.717, 1.165) is 30.6 Å². The fraction of sp³-hybridized carbons (Fsp3) is 0.423. The number of sulfonamides is 1. The molecule has 2 aromatic rings. The van der Waals surface area contributed by atoms with E-state index >= 15 is 0 Å². The number of ether oxygens (including phenoxy) is 2. The van der Waals surface area contributed by atoms with Crippen LogP contribution in [0.2, 0.25) is 0 Å². The molecule has 3 aliphatic heterocycles. The minimum Gasteiger partial charge on any atom is -0.486 e. The molecule has 0 bridgehead atoms. The van der Waals surface area contributed by atoms with Crippen molar-refractivity contribution in [2.45, 2.75) is 43.0 Å². The molecular weight excluding hydrogens is 512 g/mol. The zero-order valence-electron chi connectivity index (χ0n) is 21.1. The molecule has 12 heteroatoms. The number of amides is 4. The lowest BCUT2D eigenvalue weighted by Gasteiger charge is -2.25. The lowest BCUT2D eigenvalue weighted by molar-refractivity contribution is -0.133. The molecule has 38 heavy (non-hydrogen) atoms. The van der Waals surface area contributed by atoms with Gasteiger partial charge in [0.1, 0.15) is 25.3 Å². The van der Waals surface area contributed by atoms with E-state index < -0.39 is 40.0 Å². The highest BCUT2D eigenvalue weighted by molar-refractivity contribution is 7.89. The predicted octanol–water partition coefficient (Wildman–Crippen LogP) is 2.43. The van der Waals surface area contributed by atoms with Gasteiger partial charge in [-0.25, -0.2) is 13.2 Å². The van der Waals surface area contributed by atoms with Crippen LogP contribution in [0.5, 0.6) is 11.5 Å². The molecule has 2 aromatic carbocycles. The van der Waals surface area contributed by atoms with E-state index in [2.05, 4.69) is 10.6 Å². The molecule has 2 saturated heterocycles. The van der Waals surface area contributed by atoms with Gasteiger partial charge in [0.15, 0.2) is 11.5 Å². The quantitative estimate of drug-likeness (QED) is 0.536. The number of urea groups is 1. The standard InChI is InChI=1S/C26H30N4O7S/c1-26(18-6-11-21-22(16-18)37-15-14-36-21)24(32)30(25(33)28-26)17-23(31)27-19-7-9-20(10-8-19)38(34,35)29-12-4-2-3-5-13-29/h6-11,16H,2-5,12-15,17H2,1H3,(H,27,31)(H,28,33). The summed E-state index contributed by atoms with van der Waals surface area (Å²) in [6.07, 6.45) is 3.71. The van der Waals surface area contributed by atoms with Crippen LogP contribution in [0.25, 0.3) is 0 Å². The van der Waals surface area contributed by atoms with Crippen molar-refractivity contribution in [2.75, 3.05) is 38.2 Å². The van der Waals surface area contributed by atoms with Gasteiger partial charge in [0.25, 0.3) is 5.91 Å². The van der Waals surface area contributed by atoms with E-state index in [0.29, 0.717) is 49.1 Å². The van der Waals surface area contributed by atoms with Crippen molar-refractivity contribution in [3.8, 4) is 11.5 Å². The maximum Gasteiger partial charge on any atom is 0.325 e. The Labute approximate surface area is 221 Å². The number of rotatable bonds is 6. The Morgan fingerprint density at radius 2 is 1.63 bits per heavy atom. The first kappa shape index (κ1) is 26.0. The Morgan fingerprint density at radius 1 is 0.974 bits per heavy atom. The normalized spacial score (nSPS) is 22.1.